The number of carbonyl (C=O) groups is 1. The van der Waals surface area contributed by atoms with Gasteiger partial charge < -0.3 is 9.84 Å². The second kappa shape index (κ2) is 8.87. The first kappa shape index (κ1) is 21.2. The molecular formula is C20H16F3NO3S2. The fourth-order valence-electron chi connectivity index (χ4n) is 2.51. The number of alkyl halides is 3. The van der Waals surface area contributed by atoms with E-state index in [4.69, 9.17) is 9.84 Å². The Morgan fingerprint density at radius 1 is 1.17 bits per heavy atom. The summed E-state index contributed by atoms with van der Waals surface area (Å²) < 4.78 is 47.6. The summed E-state index contributed by atoms with van der Waals surface area (Å²) in [7, 11) is 0. The van der Waals surface area contributed by atoms with Crippen molar-refractivity contribution in [1.29, 1.82) is 0 Å². The van der Waals surface area contributed by atoms with Crippen LogP contribution in [0.3, 0.4) is 0 Å². The molecule has 0 saturated carbocycles. The van der Waals surface area contributed by atoms with Crippen molar-refractivity contribution in [2.24, 2.45) is 0 Å². The molecule has 9 heteroatoms. The van der Waals surface area contributed by atoms with Crippen LogP contribution in [0, 0.1) is 6.92 Å². The van der Waals surface area contributed by atoms with Gasteiger partial charge in [0.25, 0.3) is 0 Å². The van der Waals surface area contributed by atoms with Gasteiger partial charge in [-0.05, 0) is 66.0 Å². The Morgan fingerprint density at radius 3 is 2.52 bits per heavy atom. The van der Waals surface area contributed by atoms with Crippen molar-refractivity contribution in [3.8, 4) is 16.2 Å². The zero-order valence-corrected chi connectivity index (χ0v) is 16.8. The zero-order chi connectivity index (χ0) is 21.0. The Labute approximate surface area is 173 Å². The lowest BCUT2D eigenvalue weighted by atomic mass is 10.1. The van der Waals surface area contributed by atoms with Crippen LogP contribution in [0.2, 0.25) is 0 Å². The fraction of sp³-hybridized carbons (Fsp3) is 0.200. The van der Waals surface area contributed by atoms with Crippen molar-refractivity contribution in [1.82, 2.24) is 4.37 Å². The second-order valence-electron chi connectivity index (χ2n) is 6.16. The number of carboxylic acid groups (broad SMARTS) is 1. The molecule has 0 aliphatic carbocycles. The normalized spacial score (nSPS) is 11.4. The molecule has 2 aromatic carbocycles. The molecule has 0 amide bonds. The van der Waals surface area contributed by atoms with Crippen LogP contribution in [0.5, 0.6) is 5.75 Å². The first-order valence-electron chi connectivity index (χ1n) is 8.43. The van der Waals surface area contributed by atoms with Gasteiger partial charge in [0.15, 0.2) is 6.61 Å². The third kappa shape index (κ3) is 5.74. The summed E-state index contributed by atoms with van der Waals surface area (Å²) in [6, 6.07) is 12.4. The van der Waals surface area contributed by atoms with Crippen molar-refractivity contribution in [2.75, 3.05) is 6.61 Å². The van der Waals surface area contributed by atoms with Crippen LogP contribution in [0.4, 0.5) is 13.2 Å². The highest BCUT2D eigenvalue weighted by molar-refractivity contribution is 7.98. The van der Waals surface area contributed by atoms with E-state index in [1.54, 1.807) is 17.8 Å². The lowest BCUT2D eigenvalue weighted by molar-refractivity contribution is -0.139. The third-order valence-corrected chi connectivity index (χ3v) is 5.84. The number of ether oxygens (including phenoxy) is 1. The first-order valence-corrected chi connectivity index (χ1v) is 10.2. The van der Waals surface area contributed by atoms with Crippen LogP contribution in [0.25, 0.3) is 10.4 Å². The van der Waals surface area contributed by atoms with Gasteiger partial charge in [-0.25, -0.2) is 4.79 Å². The van der Waals surface area contributed by atoms with E-state index in [0.717, 1.165) is 33.2 Å². The summed E-state index contributed by atoms with van der Waals surface area (Å²) in [4.78, 5) is 12.4. The quantitative estimate of drug-likeness (QED) is 0.465. The van der Waals surface area contributed by atoms with Gasteiger partial charge in [-0.3, -0.25) is 0 Å². The number of benzene rings is 2. The molecule has 3 aromatic rings. The molecule has 0 radical (unpaired) electrons. The van der Waals surface area contributed by atoms with E-state index in [-0.39, 0.29) is 6.61 Å². The molecule has 0 spiro atoms. The minimum atomic E-state index is -4.35. The smallest absolute Gasteiger partial charge is 0.416 e. The SMILES string of the molecule is Cc1cc(SCc2cc(-c3ccc(C(F)(F)F)cc3)sn2)ccc1OCC(=O)O. The molecule has 152 valence electrons. The molecule has 0 aliphatic heterocycles. The van der Waals surface area contributed by atoms with E-state index in [9.17, 15) is 18.0 Å². The Balaban J connectivity index is 1.62. The van der Waals surface area contributed by atoms with Crippen molar-refractivity contribution < 1.29 is 27.8 Å². The summed E-state index contributed by atoms with van der Waals surface area (Å²) in [6.07, 6.45) is -4.35. The van der Waals surface area contributed by atoms with Gasteiger partial charge in [0.1, 0.15) is 5.75 Å². The number of hydrogen-bond donors (Lipinski definition) is 1. The Morgan fingerprint density at radius 2 is 1.90 bits per heavy atom. The predicted octanol–water partition coefficient (Wildman–Crippen LogP) is 5.89. The van der Waals surface area contributed by atoms with Crippen LogP contribution >= 0.6 is 23.3 Å². The summed E-state index contributed by atoms with van der Waals surface area (Å²) in [6.45, 7) is 1.45. The summed E-state index contributed by atoms with van der Waals surface area (Å²) in [5, 5.41) is 8.68. The number of aryl methyl sites for hydroxylation is 1. The maximum atomic E-state index is 12.7. The monoisotopic (exact) mass is 439 g/mol. The highest BCUT2D eigenvalue weighted by Crippen LogP contribution is 2.33. The minimum absolute atomic E-state index is 0.390. The topological polar surface area (TPSA) is 59.4 Å². The van der Waals surface area contributed by atoms with Crippen LogP contribution in [0.15, 0.2) is 53.4 Å². The number of aromatic nitrogens is 1. The summed E-state index contributed by atoms with van der Waals surface area (Å²) in [5.74, 6) is 0.0940. The molecule has 0 atom stereocenters. The van der Waals surface area contributed by atoms with Gasteiger partial charge in [-0.15, -0.1) is 11.8 Å². The number of carboxylic acids is 1. The molecule has 4 nitrogen and oxygen atoms in total. The number of thioether (sulfide) groups is 1. The molecule has 0 bridgehead atoms. The highest BCUT2D eigenvalue weighted by atomic mass is 32.2. The van der Waals surface area contributed by atoms with Crippen molar-refractivity contribution in [3.05, 3.63) is 65.4 Å². The highest BCUT2D eigenvalue weighted by Gasteiger charge is 2.30. The lowest BCUT2D eigenvalue weighted by Crippen LogP contribution is -2.09. The number of halogens is 3. The summed E-state index contributed by atoms with van der Waals surface area (Å²) in [5.41, 5.74) is 1.69. The predicted molar refractivity (Wildman–Crippen MR) is 106 cm³/mol. The van der Waals surface area contributed by atoms with E-state index in [2.05, 4.69) is 4.37 Å². The second-order valence-corrected chi connectivity index (χ2v) is 8.01. The van der Waals surface area contributed by atoms with Gasteiger partial charge in [0.05, 0.1) is 16.1 Å². The molecule has 1 N–H and O–H groups in total. The van der Waals surface area contributed by atoms with Crippen molar-refractivity contribution in [3.63, 3.8) is 0 Å². The van der Waals surface area contributed by atoms with E-state index in [0.29, 0.717) is 17.1 Å². The Bertz CT molecular complexity index is 1000. The summed E-state index contributed by atoms with van der Waals surface area (Å²) >= 11 is 2.80. The molecular weight excluding hydrogens is 423 g/mol. The maximum absolute atomic E-state index is 12.7. The number of aliphatic carboxylic acids is 1. The van der Waals surface area contributed by atoms with E-state index in [1.807, 2.05) is 25.1 Å². The lowest BCUT2D eigenvalue weighted by Gasteiger charge is -2.08. The van der Waals surface area contributed by atoms with E-state index >= 15 is 0 Å². The molecule has 29 heavy (non-hydrogen) atoms. The molecule has 3 rings (SSSR count). The largest absolute Gasteiger partial charge is 0.482 e. The van der Waals surface area contributed by atoms with Crippen LogP contribution in [-0.4, -0.2) is 22.1 Å². The van der Waals surface area contributed by atoms with Crippen LogP contribution in [0.1, 0.15) is 16.8 Å². The van der Waals surface area contributed by atoms with Crippen molar-refractivity contribution >= 4 is 29.3 Å². The van der Waals surface area contributed by atoms with E-state index < -0.39 is 17.7 Å². The van der Waals surface area contributed by atoms with Crippen molar-refractivity contribution in [2.45, 2.75) is 23.7 Å². The van der Waals surface area contributed by atoms with Gasteiger partial charge in [-0.1, -0.05) is 12.1 Å². The molecule has 0 aliphatic rings. The Hall–Kier alpha value is -2.52. The van der Waals surface area contributed by atoms with Crippen LogP contribution in [-0.2, 0) is 16.7 Å². The zero-order valence-electron chi connectivity index (χ0n) is 15.2. The molecule has 0 unspecified atom stereocenters. The molecule has 1 aromatic heterocycles. The molecule has 0 fully saturated rings. The van der Waals surface area contributed by atoms with Gasteiger partial charge >= 0.3 is 12.1 Å². The number of hydrogen-bond acceptors (Lipinski definition) is 5. The standard InChI is InChI=1S/C20H16F3NO3S2/c1-12-8-16(6-7-17(12)27-10-19(25)26)28-11-15-9-18(29-24-15)13-2-4-14(5-3-13)20(21,22)23/h2-9H,10-11H2,1H3,(H,25,26). The van der Waals surface area contributed by atoms with Gasteiger partial charge in [0, 0.05) is 10.6 Å². The number of rotatable bonds is 7. The minimum Gasteiger partial charge on any atom is -0.482 e. The fourth-order valence-corrected chi connectivity index (χ4v) is 4.24. The maximum Gasteiger partial charge on any atom is 0.416 e. The third-order valence-electron chi connectivity index (χ3n) is 3.94. The average molecular weight is 439 g/mol. The molecule has 0 saturated heterocycles. The van der Waals surface area contributed by atoms with Gasteiger partial charge in [0.2, 0.25) is 0 Å². The Kier molecular flexibility index (Phi) is 6.49. The number of nitrogens with zero attached hydrogens (tertiary/aromatic N) is 1. The van der Waals surface area contributed by atoms with E-state index in [1.165, 1.54) is 23.7 Å². The van der Waals surface area contributed by atoms with Gasteiger partial charge in [-0.2, -0.15) is 17.5 Å². The first-order chi connectivity index (χ1) is 13.7. The molecule has 1 heterocycles. The van der Waals surface area contributed by atoms with Crippen LogP contribution < -0.4 is 4.74 Å². The average Bonchev–Trinajstić information content (AvgIpc) is 3.14.